The molecule has 2 aromatic rings. The van der Waals surface area contributed by atoms with Crippen molar-refractivity contribution in [2.75, 3.05) is 32.7 Å². The van der Waals surface area contributed by atoms with Crippen molar-refractivity contribution >= 4 is 11.8 Å². The summed E-state index contributed by atoms with van der Waals surface area (Å²) in [5.74, 6) is 0.0113. The summed E-state index contributed by atoms with van der Waals surface area (Å²) in [6.45, 7) is 3.55. The third-order valence-electron chi connectivity index (χ3n) is 4.27. The molecule has 6 heteroatoms. The Kier molecular flexibility index (Phi) is 5.74. The molecule has 0 saturated carbocycles. The van der Waals surface area contributed by atoms with Crippen LogP contribution >= 0.6 is 0 Å². The summed E-state index contributed by atoms with van der Waals surface area (Å²) in [7, 11) is 0. The monoisotopic (exact) mass is 338 g/mol. The van der Waals surface area contributed by atoms with Gasteiger partial charge >= 0.3 is 0 Å². The van der Waals surface area contributed by atoms with E-state index in [0.29, 0.717) is 44.8 Å². The van der Waals surface area contributed by atoms with Gasteiger partial charge < -0.3 is 10.2 Å². The van der Waals surface area contributed by atoms with Gasteiger partial charge in [0.05, 0.1) is 12.1 Å². The Bertz CT molecular complexity index is 698. The molecule has 1 saturated heterocycles. The second-order valence-corrected chi connectivity index (χ2v) is 6.07. The fourth-order valence-corrected chi connectivity index (χ4v) is 2.84. The summed E-state index contributed by atoms with van der Waals surface area (Å²) < 4.78 is 0. The topological polar surface area (TPSA) is 65.5 Å². The molecule has 1 fully saturated rings. The summed E-state index contributed by atoms with van der Waals surface area (Å²) in [5.41, 5.74) is 1.69. The number of hydrogen-bond donors (Lipinski definition) is 1. The molecule has 6 nitrogen and oxygen atoms in total. The third-order valence-corrected chi connectivity index (χ3v) is 4.27. The van der Waals surface area contributed by atoms with Gasteiger partial charge in [-0.3, -0.25) is 19.5 Å². The number of benzene rings is 1. The lowest BCUT2D eigenvalue weighted by atomic mass is 10.2. The van der Waals surface area contributed by atoms with Gasteiger partial charge in [-0.05, 0) is 17.7 Å². The van der Waals surface area contributed by atoms with E-state index in [4.69, 9.17) is 0 Å². The highest BCUT2D eigenvalue weighted by molar-refractivity contribution is 5.94. The zero-order chi connectivity index (χ0) is 17.5. The maximum Gasteiger partial charge on any atom is 0.255 e. The van der Waals surface area contributed by atoms with Crippen LogP contribution in [0.3, 0.4) is 0 Å². The standard InChI is InChI=1S/C19H22N4O2/c24-18(21-13-16-5-2-1-3-6-16)15-22-9-11-23(12-10-22)19(25)17-7-4-8-20-14-17/h1-8,14H,9-13,15H2,(H,21,24). The van der Waals surface area contributed by atoms with Crippen molar-refractivity contribution in [3.8, 4) is 0 Å². The smallest absolute Gasteiger partial charge is 0.255 e. The molecule has 2 heterocycles. The highest BCUT2D eigenvalue weighted by Gasteiger charge is 2.23. The molecule has 1 N–H and O–H groups in total. The van der Waals surface area contributed by atoms with Crippen molar-refractivity contribution in [1.82, 2.24) is 20.1 Å². The van der Waals surface area contributed by atoms with Crippen molar-refractivity contribution in [3.63, 3.8) is 0 Å². The van der Waals surface area contributed by atoms with E-state index in [1.54, 1.807) is 24.5 Å². The molecule has 2 amide bonds. The second-order valence-electron chi connectivity index (χ2n) is 6.07. The number of nitrogens with zero attached hydrogens (tertiary/aromatic N) is 3. The van der Waals surface area contributed by atoms with Crippen LogP contribution in [0.1, 0.15) is 15.9 Å². The number of nitrogens with one attached hydrogen (secondary N) is 1. The van der Waals surface area contributed by atoms with Crippen molar-refractivity contribution < 1.29 is 9.59 Å². The summed E-state index contributed by atoms with van der Waals surface area (Å²) in [6.07, 6.45) is 3.24. The number of aromatic nitrogens is 1. The van der Waals surface area contributed by atoms with Gasteiger partial charge in [0.2, 0.25) is 5.91 Å². The van der Waals surface area contributed by atoms with Crippen molar-refractivity contribution in [3.05, 3.63) is 66.0 Å². The molecule has 0 aliphatic carbocycles. The van der Waals surface area contributed by atoms with Gasteiger partial charge in [-0.2, -0.15) is 0 Å². The van der Waals surface area contributed by atoms with Crippen LogP contribution in [0.25, 0.3) is 0 Å². The van der Waals surface area contributed by atoms with Crippen molar-refractivity contribution in [2.45, 2.75) is 6.54 Å². The normalized spacial score (nSPS) is 15.0. The van der Waals surface area contributed by atoms with Gasteiger partial charge in [0.1, 0.15) is 0 Å². The maximum atomic E-state index is 12.4. The lowest BCUT2D eigenvalue weighted by Crippen LogP contribution is -2.51. The molecule has 0 spiro atoms. The zero-order valence-corrected chi connectivity index (χ0v) is 14.1. The minimum atomic E-state index is 0.00118. The predicted molar refractivity (Wildman–Crippen MR) is 94.9 cm³/mol. The minimum Gasteiger partial charge on any atom is -0.351 e. The van der Waals surface area contributed by atoms with E-state index < -0.39 is 0 Å². The number of amides is 2. The average molecular weight is 338 g/mol. The first-order chi connectivity index (χ1) is 12.2. The number of pyridine rings is 1. The van der Waals surface area contributed by atoms with E-state index in [1.807, 2.05) is 35.2 Å². The number of rotatable bonds is 5. The Labute approximate surface area is 147 Å². The van der Waals surface area contributed by atoms with Crippen LogP contribution < -0.4 is 5.32 Å². The number of hydrogen-bond acceptors (Lipinski definition) is 4. The first kappa shape index (κ1) is 17.1. The lowest BCUT2D eigenvalue weighted by molar-refractivity contribution is -0.122. The molecule has 1 aromatic carbocycles. The number of carbonyl (C=O) groups is 2. The van der Waals surface area contributed by atoms with Crippen LogP contribution in [-0.4, -0.2) is 59.3 Å². The van der Waals surface area contributed by atoms with Crippen LogP contribution in [-0.2, 0) is 11.3 Å². The zero-order valence-electron chi connectivity index (χ0n) is 14.1. The Morgan fingerprint density at radius 3 is 2.44 bits per heavy atom. The largest absolute Gasteiger partial charge is 0.351 e. The van der Waals surface area contributed by atoms with E-state index in [2.05, 4.69) is 15.2 Å². The fourth-order valence-electron chi connectivity index (χ4n) is 2.84. The van der Waals surface area contributed by atoms with Gasteiger partial charge in [0, 0.05) is 45.1 Å². The van der Waals surface area contributed by atoms with Gasteiger partial charge in [0.15, 0.2) is 0 Å². The fraction of sp³-hybridized carbons (Fsp3) is 0.316. The molecule has 0 radical (unpaired) electrons. The van der Waals surface area contributed by atoms with Gasteiger partial charge in [-0.1, -0.05) is 30.3 Å². The summed E-state index contributed by atoms with van der Waals surface area (Å²) in [4.78, 5) is 32.3. The predicted octanol–water partition coefficient (Wildman–Crippen LogP) is 1.16. The Morgan fingerprint density at radius 2 is 1.76 bits per heavy atom. The first-order valence-corrected chi connectivity index (χ1v) is 8.44. The molecule has 25 heavy (non-hydrogen) atoms. The highest BCUT2D eigenvalue weighted by Crippen LogP contribution is 2.07. The average Bonchev–Trinajstić information content (AvgIpc) is 2.68. The van der Waals surface area contributed by atoms with Crippen LogP contribution in [0.4, 0.5) is 0 Å². The van der Waals surface area contributed by atoms with E-state index >= 15 is 0 Å². The first-order valence-electron chi connectivity index (χ1n) is 8.44. The molecule has 0 bridgehead atoms. The van der Waals surface area contributed by atoms with Crippen LogP contribution in [0, 0.1) is 0 Å². The quantitative estimate of drug-likeness (QED) is 0.888. The SMILES string of the molecule is O=C(CN1CCN(C(=O)c2cccnc2)CC1)NCc1ccccc1. The van der Waals surface area contributed by atoms with Gasteiger partial charge in [-0.15, -0.1) is 0 Å². The van der Waals surface area contributed by atoms with Crippen LogP contribution in [0.15, 0.2) is 54.9 Å². The Hall–Kier alpha value is -2.73. The molecule has 3 rings (SSSR count). The number of carbonyl (C=O) groups excluding carboxylic acids is 2. The molecule has 1 aliphatic rings. The lowest BCUT2D eigenvalue weighted by Gasteiger charge is -2.34. The summed E-state index contributed by atoms with van der Waals surface area (Å²) in [6, 6.07) is 13.4. The molecule has 1 aliphatic heterocycles. The molecular weight excluding hydrogens is 316 g/mol. The highest BCUT2D eigenvalue weighted by atomic mass is 16.2. The Balaban J connectivity index is 1.41. The van der Waals surface area contributed by atoms with Gasteiger partial charge in [0.25, 0.3) is 5.91 Å². The van der Waals surface area contributed by atoms with Crippen molar-refractivity contribution in [1.29, 1.82) is 0 Å². The molecular formula is C19H22N4O2. The van der Waals surface area contributed by atoms with Crippen LogP contribution in [0.5, 0.6) is 0 Å². The third kappa shape index (κ3) is 4.87. The van der Waals surface area contributed by atoms with E-state index in [9.17, 15) is 9.59 Å². The van der Waals surface area contributed by atoms with Crippen LogP contribution in [0.2, 0.25) is 0 Å². The molecule has 130 valence electrons. The van der Waals surface area contributed by atoms with E-state index in [0.717, 1.165) is 5.56 Å². The second kappa shape index (κ2) is 8.39. The molecule has 0 atom stereocenters. The maximum absolute atomic E-state index is 12.4. The Morgan fingerprint density at radius 1 is 1.00 bits per heavy atom. The minimum absolute atomic E-state index is 0.00118. The summed E-state index contributed by atoms with van der Waals surface area (Å²) in [5, 5.41) is 2.94. The summed E-state index contributed by atoms with van der Waals surface area (Å²) >= 11 is 0. The van der Waals surface area contributed by atoms with E-state index in [1.165, 1.54) is 0 Å². The molecule has 0 unspecified atom stereocenters. The van der Waals surface area contributed by atoms with Gasteiger partial charge in [-0.25, -0.2) is 0 Å². The van der Waals surface area contributed by atoms with E-state index in [-0.39, 0.29) is 11.8 Å². The van der Waals surface area contributed by atoms with Crippen molar-refractivity contribution in [2.24, 2.45) is 0 Å². The molecule has 1 aromatic heterocycles. The number of piperazine rings is 1.